The fraction of sp³-hybridized carbons (Fsp3) is 0.476. The normalized spacial score (nSPS) is 22.8. The van der Waals surface area contributed by atoms with Gasteiger partial charge in [0.05, 0.1) is 5.92 Å². The fourth-order valence-corrected chi connectivity index (χ4v) is 3.87. The number of piperidine rings is 1. The molecule has 0 radical (unpaired) electrons. The van der Waals surface area contributed by atoms with Gasteiger partial charge in [-0.15, -0.1) is 0 Å². The molecule has 1 aromatic carbocycles. The number of aliphatic carboxylic acids is 1. The summed E-state index contributed by atoms with van der Waals surface area (Å²) in [7, 11) is 0. The Hall–Kier alpha value is -2.67. The van der Waals surface area contributed by atoms with E-state index in [2.05, 4.69) is 15.4 Å². The van der Waals surface area contributed by atoms with Gasteiger partial charge in [-0.3, -0.25) is 9.59 Å². The molecule has 0 spiro atoms. The van der Waals surface area contributed by atoms with Crippen molar-refractivity contribution in [3.05, 3.63) is 41.6 Å². The maximum Gasteiger partial charge on any atom is 0.309 e. The molecule has 1 amide bonds. The molecule has 148 valence electrons. The van der Waals surface area contributed by atoms with Crippen LogP contribution in [0.5, 0.6) is 0 Å². The summed E-state index contributed by atoms with van der Waals surface area (Å²) in [5.41, 5.74) is 2.08. The number of rotatable bonds is 6. The molecule has 2 fully saturated rings. The smallest absolute Gasteiger partial charge is 0.309 e. The van der Waals surface area contributed by atoms with Crippen LogP contribution in [0.15, 0.2) is 34.9 Å². The van der Waals surface area contributed by atoms with E-state index in [1.165, 1.54) is 12.8 Å². The summed E-state index contributed by atoms with van der Waals surface area (Å²) in [6, 6.07) is 8.91. The quantitative estimate of drug-likeness (QED) is 0.796. The molecule has 1 aliphatic heterocycles. The molecule has 1 saturated carbocycles. The molecule has 0 unspecified atom stereocenters. The number of aromatic nitrogens is 1. The largest absolute Gasteiger partial charge is 0.481 e. The molecule has 28 heavy (non-hydrogen) atoms. The summed E-state index contributed by atoms with van der Waals surface area (Å²) in [5.74, 6) is -0.630. The van der Waals surface area contributed by atoms with Crippen molar-refractivity contribution in [1.82, 2.24) is 15.4 Å². The van der Waals surface area contributed by atoms with Crippen molar-refractivity contribution >= 4 is 11.9 Å². The molecule has 2 N–H and O–H groups in total. The number of nitrogens with zero attached hydrogens (tertiary/aromatic N) is 2. The number of benzene rings is 1. The van der Waals surface area contributed by atoms with E-state index in [1.54, 1.807) is 6.07 Å². The molecule has 7 heteroatoms. The van der Waals surface area contributed by atoms with E-state index in [-0.39, 0.29) is 5.69 Å². The minimum absolute atomic E-state index is 0.169. The van der Waals surface area contributed by atoms with Crippen LogP contribution in [0.2, 0.25) is 0 Å². The SMILES string of the molecule is Cc1ccccc1-c1cc(C(=O)N[C@H]2CCN(CC3CC3)C[C@@H]2C(=O)O)no1. The summed E-state index contributed by atoms with van der Waals surface area (Å²) in [5, 5.41) is 16.4. The number of hydrogen-bond acceptors (Lipinski definition) is 5. The fourth-order valence-electron chi connectivity index (χ4n) is 3.87. The average Bonchev–Trinajstić information content (AvgIpc) is 3.35. The highest BCUT2D eigenvalue weighted by Crippen LogP contribution is 2.31. The van der Waals surface area contributed by atoms with Gasteiger partial charge in [-0.05, 0) is 37.7 Å². The Balaban J connectivity index is 1.42. The average molecular weight is 383 g/mol. The first-order valence-electron chi connectivity index (χ1n) is 9.80. The standard InChI is InChI=1S/C21H25N3O4/c1-13-4-2-3-5-15(13)19-10-18(23-28-19)20(25)22-17-8-9-24(11-14-6-7-14)12-16(17)21(26)27/h2-5,10,14,16-17H,6-9,11-12H2,1H3,(H,22,25)(H,26,27)/t16-,17-/m0/s1. The van der Waals surface area contributed by atoms with Crippen LogP contribution >= 0.6 is 0 Å². The highest BCUT2D eigenvalue weighted by Gasteiger charge is 2.37. The highest BCUT2D eigenvalue weighted by atomic mass is 16.5. The highest BCUT2D eigenvalue weighted by molar-refractivity contribution is 5.93. The van der Waals surface area contributed by atoms with Crippen molar-refractivity contribution in [3.8, 4) is 11.3 Å². The van der Waals surface area contributed by atoms with Crippen LogP contribution in [0.3, 0.4) is 0 Å². The van der Waals surface area contributed by atoms with E-state index in [0.29, 0.717) is 18.7 Å². The summed E-state index contributed by atoms with van der Waals surface area (Å²) in [6.07, 6.45) is 3.10. The third kappa shape index (κ3) is 4.09. The summed E-state index contributed by atoms with van der Waals surface area (Å²) in [4.78, 5) is 26.6. The predicted octanol–water partition coefficient (Wildman–Crippen LogP) is 2.56. The van der Waals surface area contributed by atoms with Crippen LogP contribution in [-0.2, 0) is 4.79 Å². The molecule has 1 aliphatic carbocycles. The third-order valence-electron chi connectivity index (χ3n) is 5.70. The summed E-state index contributed by atoms with van der Waals surface area (Å²) < 4.78 is 5.35. The van der Waals surface area contributed by atoms with E-state index < -0.39 is 23.8 Å². The van der Waals surface area contributed by atoms with E-state index in [9.17, 15) is 14.7 Å². The predicted molar refractivity (Wildman–Crippen MR) is 103 cm³/mol. The van der Waals surface area contributed by atoms with Crippen molar-refractivity contribution in [2.75, 3.05) is 19.6 Å². The van der Waals surface area contributed by atoms with Crippen LogP contribution in [0.25, 0.3) is 11.3 Å². The van der Waals surface area contributed by atoms with Crippen LogP contribution in [0.4, 0.5) is 0 Å². The zero-order chi connectivity index (χ0) is 19.7. The molecular weight excluding hydrogens is 358 g/mol. The van der Waals surface area contributed by atoms with Gasteiger partial charge in [0.15, 0.2) is 11.5 Å². The van der Waals surface area contributed by atoms with Gasteiger partial charge in [-0.2, -0.15) is 0 Å². The second-order valence-electron chi connectivity index (χ2n) is 7.91. The van der Waals surface area contributed by atoms with Gasteiger partial charge in [-0.1, -0.05) is 29.4 Å². The number of aryl methyl sites for hydroxylation is 1. The van der Waals surface area contributed by atoms with Crippen LogP contribution in [0, 0.1) is 18.8 Å². The minimum atomic E-state index is -0.869. The number of hydrogen-bond donors (Lipinski definition) is 2. The molecule has 2 heterocycles. The van der Waals surface area contributed by atoms with Gasteiger partial charge >= 0.3 is 5.97 Å². The molecule has 4 rings (SSSR count). The Kier molecular flexibility index (Phi) is 5.17. The van der Waals surface area contributed by atoms with E-state index >= 15 is 0 Å². The van der Waals surface area contributed by atoms with E-state index in [1.807, 2.05) is 31.2 Å². The maximum absolute atomic E-state index is 12.6. The van der Waals surface area contributed by atoms with E-state index in [0.717, 1.165) is 30.1 Å². The number of carbonyl (C=O) groups is 2. The molecule has 2 aromatic rings. The minimum Gasteiger partial charge on any atom is -0.481 e. The van der Waals surface area contributed by atoms with Gasteiger partial charge in [-0.25, -0.2) is 0 Å². The Labute approximate surface area is 163 Å². The lowest BCUT2D eigenvalue weighted by atomic mass is 9.91. The topological polar surface area (TPSA) is 95.7 Å². The van der Waals surface area contributed by atoms with Gasteiger partial charge in [0.1, 0.15) is 0 Å². The van der Waals surface area contributed by atoms with Crippen molar-refractivity contribution in [2.24, 2.45) is 11.8 Å². The van der Waals surface area contributed by atoms with Crippen LogP contribution in [0.1, 0.15) is 35.3 Å². The van der Waals surface area contributed by atoms with Crippen LogP contribution in [-0.4, -0.2) is 52.7 Å². The second-order valence-corrected chi connectivity index (χ2v) is 7.91. The second kappa shape index (κ2) is 7.75. The molecule has 2 atom stereocenters. The number of carbonyl (C=O) groups excluding carboxylic acids is 1. The zero-order valence-electron chi connectivity index (χ0n) is 15.9. The lowest BCUT2D eigenvalue weighted by molar-refractivity contribution is -0.144. The van der Waals surface area contributed by atoms with Crippen molar-refractivity contribution < 1.29 is 19.2 Å². The van der Waals surface area contributed by atoms with Gasteiger partial charge in [0, 0.05) is 37.3 Å². The Morgan fingerprint density at radius 3 is 2.79 bits per heavy atom. The third-order valence-corrected chi connectivity index (χ3v) is 5.70. The lowest BCUT2D eigenvalue weighted by Crippen LogP contribution is -2.53. The first-order valence-corrected chi connectivity index (χ1v) is 9.80. The first kappa shape index (κ1) is 18.7. The number of nitrogens with one attached hydrogen (secondary N) is 1. The summed E-state index contributed by atoms with van der Waals surface area (Å²) in [6.45, 7) is 4.21. The van der Waals surface area contributed by atoms with Gasteiger partial charge < -0.3 is 19.8 Å². The van der Waals surface area contributed by atoms with Crippen molar-refractivity contribution in [3.63, 3.8) is 0 Å². The number of carboxylic acid groups (broad SMARTS) is 1. The number of amides is 1. The van der Waals surface area contributed by atoms with Crippen molar-refractivity contribution in [2.45, 2.75) is 32.2 Å². The van der Waals surface area contributed by atoms with Crippen LogP contribution < -0.4 is 5.32 Å². The lowest BCUT2D eigenvalue weighted by Gasteiger charge is -2.36. The number of likely N-dealkylation sites (tertiary alicyclic amines) is 1. The molecular formula is C21H25N3O4. The first-order chi connectivity index (χ1) is 13.5. The molecule has 1 aromatic heterocycles. The summed E-state index contributed by atoms with van der Waals surface area (Å²) >= 11 is 0. The monoisotopic (exact) mass is 383 g/mol. The van der Waals surface area contributed by atoms with Gasteiger partial charge in [0.25, 0.3) is 5.91 Å². The molecule has 7 nitrogen and oxygen atoms in total. The van der Waals surface area contributed by atoms with Gasteiger partial charge in [0.2, 0.25) is 0 Å². The maximum atomic E-state index is 12.6. The van der Waals surface area contributed by atoms with E-state index in [4.69, 9.17) is 4.52 Å². The Morgan fingerprint density at radius 2 is 2.07 bits per heavy atom. The van der Waals surface area contributed by atoms with Crippen molar-refractivity contribution in [1.29, 1.82) is 0 Å². The molecule has 1 saturated heterocycles. The Morgan fingerprint density at radius 1 is 1.29 bits per heavy atom. The molecule has 2 aliphatic rings. The number of carboxylic acids is 1. The molecule has 0 bridgehead atoms. The Bertz CT molecular complexity index is 874. The zero-order valence-corrected chi connectivity index (χ0v) is 15.9.